The minimum Gasteiger partial charge on any atom is -0.507 e. The van der Waals surface area contributed by atoms with Gasteiger partial charge in [0.1, 0.15) is 17.4 Å². The van der Waals surface area contributed by atoms with Crippen molar-refractivity contribution in [2.24, 2.45) is 5.92 Å². The Bertz CT molecular complexity index is 804. The molecule has 7 heteroatoms. The number of amides is 1. The number of benzene rings is 1. The van der Waals surface area contributed by atoms with Crippen LogP contribution in [0.2, 0.25) is 0 Å². The fourth-order valence-electron chi connectivity index (χ4n) is 3.48. The van der Waals surface area contributed by atoms with Crippen LogP contribution < -0.4 is 5.32 Å². The molecule has 176 valence electrons. The average molecular weight is 446 g/mol. The van der Waals surface area contributed by atoms with E-state index in [2.05, 4.69) is 12.2 Å². The standard InChI is InChI=1S/C25H35NO6/c1-3-4-7-16-31-25(30)26-15-9-13-20-17-22(28)18(2)10-5-6-11-19-12-8-14-21(27)23(19)24(29)32-20/h5-6,8-9,12,14-15,18,20,22,27-28H,3-4,7,10-11,13,16-17H2,1-2H3,(H,26,30)/b6-5+,15-9+/t18-,20?,22+/m0/s1. The highest BCUT2D eigenvalue weighted by Gasteiger charge is 2.25. The highest BCUT2D eigenvalue weighted by molar-refractivity contribution is 5.94. The van der Waals surface area contributed by atoms with Crippen molar-refractivity contribution in [1.29, 1.82) is 0 Å². The summed E-state index contributed by atoms with van der Waals surface area (Å²) in [5.74, 6) is -0.766. The lowest BCUT2D eigenvalue weighted by atomic mass is 9.94. The van der Waals surface area contributed by atoms with Crippen LogP contribution in [0.5, 0.6) is 5.75 Å². The zero-order chi connectivity index (χ0) is 23.3. The predicted octanol–water partition coefficient (Wildman–Crippen LogP) is 4.63. The van der Waals surface area contributed by atoms with Gasteiger partial charge in [-0.1, -0.05) is 57.0 Å². The Kier molecular flexibility index (Phi) is 10.8. The van der Waals surface area contributed by atoms with Crippen molar-refractivity contribution in [1.82, 2.24) is 5.32 Å². The van der Waals surface area contributed by atoms with Crippen molar-refractivity contribution in [3.63, 3.8) is 0 Å². The van der Waals surface area contributed by atoms with E-state index in [0.717, 1.165) is 19.3 Å². The van der Waals surface area contributed by atoms with E-state index in [0.29, 0.717) is 31.4 Å². The van der Waals surface area contributed by atoms with Crippen LogP contribution in [0.25, 0.3) is 0 Å². The highest BCUT2D eigenvalue weighted by Crippen LogP contribution is 2.26. The Balaban J connectivity index is 2.05. The second-order valence-electron chi connectivity index (χ2n) is 8.16. The maximum atomic E-state index is 12.9. The van der Waals surface area contributed by atoms with Crippen LogP contribution in [-0.2, 0) is 15.9 Å². The number of alkyl carbamates (subject to hydrolysis) is 1. The number of fused-ring (bicyclic) bond motifs is 1. The van der Waals surface area contributed by atoms with E-state index in [1.807, 2.05) is 19.1 Å². The molecule has 0 aromatic heterocycles. The summed E-state index contributed by atoms with van der Waals surface area (Å²) in [5, 5.41) is 23.3. The first-order valence-electron chi connectivity index (χ1n) is 11.4. The van der Waals surface area contributed by atoms with Crippen LogP contribution in [0.15, 0.2) is 42.6 Å². The molecule has 2 rings (SSSR count). The van der Waals surface area contributed by atoms with Crippen LogP contribution in [0.3, 0.4) is 0 Å². The molecule has 0 aliphatic carbocycles. The molecule has 0 saturated carbocycles. The Labute approximate surface area is 190 Å². The number of ether oxygens (including phenoxy) is 2. The minimum absolute atomic E-state index is 0.00396. The van der Waals surface area contributed by atoms with Gasteiger partial charge in [0.15, 0.2) is 0 Å². The van der Waals surface area contributed by atoms with Gasteiger partial charge in [-0.25, -0.2) is 9.59 Å². The number of unbranched alkanes of at least 4 members (excludes halogenated alkanes) is 2. The Morgan fingerprint density at radius 3 is 2.91 bits per heavy atom. The smallest absolute Gasteiger partial charge is 0.411 e. The first-order chi connectivity index (χ1) is 15.4. The van der Waals surface area contributed by atoms with Crippen LogP contribution >= 0.6 is 0 Å². The van der Waals surface area contributed by atoms with E-state index in [1.54, 1.807) is 18.2 Å². The Morgan fingerprint density at radius 2 is 2.12 bits per heavy atom. The van der Waals surface area contributed by atoms with Crippen LogP contribution in [-0.4, -0.2) is 41.1 Å². The van der Waals surface area contributed by atoms with Gasteiger partial charge in [-0.15, -0.1) is 0 Å². The topological polar surface area (TPSA) is 105 Å². The molecule has 1 amide bonds. The molecule has 3 N–H and O–H groups in total. The van der Waals surface area contributed by atoms with Crippen LogP contribution in [0.1, 0.15) is 68.3 Å². The number of phenols is 1. The third-order valence-corrected chi connectivity index (χ3v) is 5.48. The second kappa shape index (κ2) is 13.6. The van der Waals surface area contributed by atoms with Crippen molar-refractivity contribution in [3.05, 3.63) is 53.8 Å². The molecule has 32 heavy (non-hydrogen) atoms. The third-order valence-electron chi connectivity index (χ3n) is 5.48. The first-order valence-corrected chi connectivity index (χ1v) is 11.4. The largest absolute Gasteiger partial charge is 0.507 e. The minimum atomic E-state index is -0.661. The summed E-state index contributed by atoms with van der Waals surface area (Å²) in [6.07, 6.45) is 9.82. The summed E-state index contributed by atoms with van der Waals surface area (Å²) < 4.78 is 10.7. The van der Waals surface area contributed by atoms with Crippen molar-refractivity contribution >= 4 is 12.1 Å². The zero-order valence-electron chi connectivity index (χ0n) is 19.0. The van der Waals surface area contributed by atoms with Gasteiger partial charge < -0.3 is 19.7 Å². The third kappa shape index (κ3) is 8.38. The number of hydrogen-bond acceptors (Lipinski definition) is 6. The van der Waals surface area contributed by atoms with Crippen molar-refractivity contribution in [2.45, 2.75) is 71.0 Å². The van der Waals surface area contributed by atoms with Crippen LogP contribution in [0, 0.1) is 5.92 Å². The first kappa shape index (κ1) is 25.5. The number of aliphatic hydroxyl groups excluding tert-OH is 1. The van der Waals surface area contributed by atoms with E-state index >= 15 is 0 Å². The number of nitrogens with one attached hydrogen (secondary N) is 1. The Hall–Kier alpha value is -2.80. The van der Waals surface area contributed by atoms with E-state index in [1.165, 1.54) is 12.3 Å². The molecule has 0 saturated heterocycles. The number of hydrogen-bond donors (Lipinski definition) is 3. The molecular formula is C25H35NO6. The summed E-state index contributed by atoms with van der Waals surface area (Å²) in [4.78, 5) is 24.5. The molecule has 0 spiro atoms. The number of carbonyl (C=O) groups excluding carboxylic acids is 2. The average Bonchev–Trinajstić information content (AvgIpc) is 2.76. The maximum absolute atomic E-state index is 12.9. The van der Waals surface area contributed by atoms with Gasteiger partial charge in [-0.3, -0.25) is 5.32 Å². The normalized spacial score (nSPS) is 22.8. The lowest BCUT2D eigenvalue weighted by molar-refractivity contribution is 0.00678. The lowest BCUT2D eigenvalue weighted by Gasteiger charge is -2.24. The van der Waals surface area contributed by atoms with Crippen LogP contribution in [0.4, 0.5) is 4.79 Å². The number of aromatic hydroxyl groups is 1. The number of esters is 1. The second-order valence-corrected chi connectivity index (χ2v) is 8.16. The van der Waals surface area contributed by atoms with Gasteiger partial charge in [-0.2, -0.15) is 0 Å². The fourth-order valence-corrected chi connectivity index (χ4v) is 3.48. The molecule has 1 heterocycles. The summed E-state index contributed by atoms with van der Waals surface area (Å²) in [6, 6.07) is 4.94. The number of rotatable bonds is 7. The lowest BCUT2D eigenvalue weighted by Crippen LogP contribution is -2.28. The van der Waals surface area contributed by atoms with E-state index in [9.17, 15) is 19.8 Å². The molecule has 0 radical (unpaired) electrons. The summed E-state index contributed by atoms with van der Waals surface area (Å²) in [7, 11) is 0. The number of phenolic OH excluding ortho intramolecular Hbond substituents is 1. The summed E-state index contributed by atoms with van der Waals surface area (Å²) in [5.41, 5.74) is 0.824. The molecule has 1 unspecified atom stereocenters. The van der Waals surface area contributed by atoms with E-state index in [-0.39, 0.29) is 23.7 Å². The molecule has 1 aliphatic heterocycles. The molecule has 0 fully saturated rings. The fraction of sp³-hybridized carbons (Fsp3) is 0.520. The molecule has 1 aromatic rings. The number of aliphatic hydroxyl groups is 1. The van der Waals surface area contributed by atoms with Crippen molar-refractivity contribution in [2.75, 3.05) is 6.61 Å². The van der Waals surface area contributed by atoms with E-state index < -0.39 is 24.3 Å². The van der Waals surface area contributed by atoms with E-state index in [4.69, 9.17) is 9.47 Å². The molecule has 1 aliphatic rings. The van der Waals surface area contributed by atoms with Gasteiger partial charge in [0.2, 0.25) is 0 Å². The summed E-state index contributed by atoms with van der Waals surface area (Å²) in [6.45, 7) is 4.40. The predicted molar refractivity (Wildman–Crippen MR) is 122 cm³/mol. The molecule has 3 atom stereocenters. The molecule has 1 aromatic carbocycles. The molecule has 0 bridgehead atoms. The Morgan fingerprint density at radius 1 is 1.31 bits per heavy atom. The van der Waals surface area contributed by atoms with Gasteiger partial charge in [0.05, 0.1) is 12.7 Å². The number of cyclic esters (lactones) is 1. The number of allylic oxidation sites excluding steroid dienone is 2. The van der Waals surface area contributed by atoms with Crippen molar-refractivity contribution < 1.29 is 29.3 Å². The molecular weight excluding hydrogens is 410 g/mol. The van der Waals surface area contributed by atoms with Crippen molar-refractivity contribution in [3.8, 4) is 5.75 Å². The monoisotopic (exact) mass is 445 g/mol. The summed E-state index contributed by atoms with van der Waals surface area (Å²) >= 11 is 0. The van der Waals surface area contributed by atoms with Gasteiger partial charge in [0.25, 0.3) is 0 Å². The zero-order valence-corrected chi connectivity index (χ0v) is 19.0. The molecule has 7 nitrogen and oxygen atoms in total. The SMILES string of the molecule is CCCCCOC(=O)N/C=C/CC1C[C@@H](O)[C@@H](C)C/C=C/Cc2cccc(O)c2C(=O)O1. The quantitative estimate of drug-likeness (QED) is 0.321. The number of carbonyl (C=O) groups is 2. The highest BCUT2D eigenvalue weighted by atomic mass is 16.5. The van der Waals surface area contributed by atoms with Gasteiger partial charge in [-0.05, 0) is 36.8 Å². The maximum Gasteiger partial charge on any atom is 0.411 e. The van der Waals surface area contributed by atoms with Gasteiger partial charge >= 0.3 is 12.1 Å². The van der Waals surface area contributed by atoms with Gasteiger partial charge in [0, 0.05) is 19.0 Å².